The van der Waals surface area contributed by atoms with Crippen LogP contribution in [0.3, 0.4) is 0 Å². The number of nitrogens with one attached hydrogen (secondary N) is 1. The van der Waals surface area contributed by atoms with Crippen LogP contribution in [-0.4, -0.2) is 29.8 Å². The first-order chi connectivity index (χ1) is 9.72. The van der Waals surface area contributed by atoms with Gasteiger partial charge in [0, 0.05) is 18.7 Å². The number of aryl methyl sites for hydroxylation is 2. The molecule has 0 bridgehead atoms. The number of carbonyl (C=O) groups excluding carboxylic acids is 2. The third-order valence-electron chi connectivity index (χ3n) is 3.99. The maximum Gasteiger partial charge on any atom is 0.243 e. The van der Waals surface area contributed by atoms with Gasteiger partial charge in [-0.05, 0) is 55.4 Å². The van der Waals surface area contributed by atoms with E-state index in [1.54, 1.807) is 4.90 Å². The minimum atomic E-state index is -0.113. The minimum absolute atomic E-state index is 0.0420. The quantitative estimate of drug-likeness (QED) is 0.913. The van der Waals surface area contributed by atoms with Gasteiger partial charge in [-0.1, -0.05) is 6.07 Å². The van der Waals surface area contributed by atoms with E-state index in [0.29, 0.717) is 13.0 Å². The predicted molar refractivity (Wildman–Crippen MR) is 77.2 cm³/mol. The molecule has 4 heteroatoms. The fraction of sp³-hybridized carbons (Fsp3) is 0.438. The van der Waals surface area contributed by atoms with Gasteiger partial charge in [-0.25, -0.2) is 0 Å². The molecule has 0 spiro atoms. The summed E-state index contributed by atoms with van der Waals surface area (Å²) in [4.78, 5) is 25.3. The van der Waals surface area contributed by atoms with E-state index < -0.39 is 0 Å². The lowest BCUT2D eigenvalue weighted by Crippen LogP contribution is -2.40. The third-order valence-corrected chi connectivity index (χ3v) is 3.99. The molecule has 1 radical (unpaired) electrons. The Morgan fingerprint density at radius 2 is 2.10 bits per heavy atom. The van der Waals surface area contributed by atoms with E-state index in [9.17, 15) is 9.59 Å². The first kappa shape index (κ1) is 13.2. The van der Waals surface area contributed by atoms with Crippen molar-refractivity contribution in [3.63, 3.8) is 0 Å². The highest BCUT2D eigenvalue weighted by Crippen LogP contribution is 2.24. The van der Waals surface area contributed by atoms with Crippen molar-refractivity contribution in [1.29, 1.82) is 0 Å². The SMILES string of the molecule is O=C(CN1CC[CH]CC1=O)Nc1ccc2c(c1)CCC2. The molecule has 1 aromatic carbocycles. The van der Waals surface area contributed by atoms with Crippen LogP contribution in [0.4, 0.5) is 5.69 Å². The number of hydrogen-bond donors (Lipinski definition) is 1. The Hall–Kier alpha value is -1.84. The average molecular weight is 271 g/mol. The highest BCUT2D eigenvalue weighted by atomic mass is 16.2. The first-order valence-electron chi connectivity index (χ1n) is 7.23. The topological polar surface area (TPSA) is 49.4 Å². The summed E-state index contributed by atoms with van der Waals surface area (Å²) in [5.41, 5.74) is 3.57. The van der Waals surface area contributed by atoms with Crippen molar-refractivity contribution in [2.45, 2.75) is 32.1 Å². The molecule has 1 aliphatic heterocycles. The summed E-state index contributed by atoms with van der Waals surface area (Å²) in [7, 11) is 0. The van der Waals surface area contributed by atoms with Crippen molar-refractivity contribution < 1.29 is 9.59 Å². The van der Waals surface area contributed by atoms with Gasteiger partial charge in [-0.3, -0.25) is 9.59 Å². The fourth-order valence-electron chi connectivity index (χ4n) is 2.92. The van der Waals surface area contributed by atoms with E-state index >= 15 is 0 Å². The molecular weight excluding hydrogens is 252 g/mol. The molecule has 1 N–H and O–H groups in total. The van der Waals surface area contributed by atoms with Crippen molar-refractivity contribution in [2.24, 2.45) is 0 Å². The molecule has 2 amide bonds. The van der Waals surface area contributed by atoms with Crippen molar-refractivity contribution in [3.05, 3.63) is 35.7 Å². The Labute approximate surface area is 119 Å². The number of benzene rings is 1. The van der Waals surface area contributed by atoms with Crippen LogP contribution in [0.25, 0.3) is 0 Å². The van der Waals surface area contributed by atoms with Gasteiger partial charge in [0.25, 0.3) is 0 Å². The smallest absolute Gasteiger partial charge is 0.243 e. The lowest BCUT2D eigenvalue weighted by Gasteiger charge is -2.25. The summed E-state index contributed by atoms with van der Waals surface area (Å²) in [6.45, 7) is 0.806. The van der Waals surface area contributed by atoms with Gasteiger partial charge < -0.3 is 10.2 Å². The van der Waals surface area contributed by atoms with Crippen LogP contribution >= 0.6 is 0 Å². The van der Waals surface area contributed by atoms with E-state index in [1.165, 1.54) is 17.5 Å². The molecule has 1 fully saturated rings. The second-order valence-electron chi connectivity index (χ2n) is 5.48. The second-order valence-corrected chi connectivity index (χ2v) is 5.48. The number of anilines is 1. The summed E-state index contributed by atoms with van der Waals surface area (Å²) in [6, 6.07) is 6.11. The number of amides is 2. The van der Waals surface area contributed by atoms with Crippen LogP contribution in [0, 0.1) is 6.42 Å². The van der Waals surface area contributed by atoms with E-state index in [1.807, 2.05) is 12.5 Å². The Morgan fingerprint density at radius 1 is 1.25 bits per heavy atom. The van der Waals surface area contributed by atoms with Crippen LogP contribution in [0.5, 0.6) is 0 Å². The molecule has 1 saturated heterocycles. The molecule has 1 aromatic rings. The number of rotatable bonds is 3. The Kier molecular flexibility index (Phi) is 3.72. The summed E-state index contributed by atoms with van der Waals surface area (Å²) in [6.07, 6.45) is 6.73. The summed E-state index contributed by atoms with van der Waals surface area (Å²) < 4.78 is 0. The molecular formula is C16H19N2O2. The number of fused-ring (bicyclic) bond motifs is 1. The molecule has 0 unspecified atom stereocenters. The van der Waals surface area contributed by atoms with Crippen molar-refractivity contribution in [3.8, 4) is 0 Å². The largest absolute Gasteiger partial charge is 0.333 e. The molecule has 105 valence electrons. The molecule has 4 nitrogen and oxygen atoms in total. The van der Waals surface area contributed by atoms with Gasteiger partial charge >= 0.3 is 0 Å². The van der Waals surface area contributed by atoms with Gasteiger partial charge in [-0.15, -0.1) is 0 Å². The zero-order valence-corrected chi connectivity index (χ0v) is 11.5. The normalized spacial score (nSPS) is 18.0. The van der Waals surface area contributed by atoms with E-state index in [0.717, 1.165) is 24.9 Å². The van der Waals surface area contributed by atoms with Crippen molar-refractivity contribution >= 4 is 17.5 Å². The summed E-state index contributed by atoms with van der Waals surface area (Å²) in [5.74, 6) is -0.0708. The molecule has 0 aromatic heterocycles. The Morgan fingerprint density at radius 3 is 2.95 bits per heavy atom. The van der Waals surface area contributed by atoms with E-state index in [2.05, 4.69) is 17.4 Å². The number of piperidine rings is 1. The standard InChI is InChI=1S/C16H19N2O2/c19-15(11-18-9-2-1-6-16(18)20)17-14-8-7-12-4-3-5-13(12)10-14/h1,7-8,10H,2-6,9,11H2,(H,17,19). The summed E-state index contributed by atoms with van der Waals surface area (Å²) >= 11 is 0. The highest BCUT2D eigenvalue weighted by Gasteiger charge is 2.20. The molecule has 0 atom stereocenters. The average Bonchev–Trinajstić information content (AvgIpc) is 2.89. The van der Waals surface area contributed by atoms with Gasteiger partial charge in [0.05, 0.1) is 6.54 Å². The zero-order chi connectivity index (χ0) is 13.9. The van der Waals surface area contributed by atoms with Gasteiger partial charge in [0.1, 0.15) is 0 Å². The predicted octanol–water partition coefficient (Wildman–Crippen LogP) is 1.94. The molecule has 1 heterocycles. The number of nitrogens with zero attached hydrogens (tertiary/aromatic N) is 1. The number of likely N-dealkylation sites (tertiary alicyclic amines) is 1. The van der Waals surface area contributed by atoms with Gasteiger partial charge in [0.2, 0.25) is 11.8 Å². The highest BCUT2D eigenvalue weighted by molar-refractivity contribution is 5.94. The van der Waals surface area contributed by atoms with E-state index in [-0.39, 0.29) is 18.4 Å². The first-order valence-corrected chi connectivity index (χ1v) is 7.23. The minimum Gasteiger partial charge on any atom is -0.333 e. The van der Waals surface area contributed by atoms with Crippen LogP contribution in [0.15, 0.2) is 18.2 Å². The molecule has 2 aliphatic rings. The summed E-state index contributed by atoms with van der Waals surface area (Å²) in [5, 5.41) is 2.90. The van der Waals surface area contributed by atoms with Gasteiger partial charge in [-0.2, -0.15) is 0 Å². The monoisotopic (exact) mass is 271 g/mol. The molecule has 3 rings (SSSR count). The fourth-order valence-corrected chi connectivity index (χ4v) is 2.92. The van der Waals surface area contributed by atoms with E-state index in [4.69, 9.17) is 0 Å². The molecule has 1 aliphatic carbocycles. The maximum atomic E-state index is 12.0. The van der Waals surface area contributed by atoms with Crippen molar-refractivity contribution in [1.82, 2.24) is 4.90 Å². The van der Waals surface area contributed by atoms with Crippen LogP contribution in [0.2, 0.25) is 0 Å². The maximum absolute atomic E-state index is 12.0. The second kappa shape index (κ2) is 5.65. The number of hydrogen-bond acceptors (Lipinski definition) is 2. The van der Waals surface area contributed by atoms with Gasteiger partial charge in [0.15, 0.2) is 0 Å². The molecule has 20 heavy (non-hydrogen) atoms. The number of carbonyl (C=O) groups is 2. The van der Waals surface area contributed by atoms with Crippen LogP contribution in [-0.2, 0) is 22.4 Å². The zero-order valence-electron chi connectivity index (χ0n) is 11.5. The van der Waals surface area contributed by atoms with Crippen LogP contribution in [0.1, 0.15) is 30.4 Å². The van der Waals surface area contributed by atoms with Crippen LogP contribution < -0.4 is 5.32 Å². The molecule has 0 saturated carbocycles. The Balaban J connectivity index is 1.60. The van der Waals surface area contributed by atoms with Crippen molar-refractivity contribution in [2.75, 3.05) is 18.4 Å². The lowest BCUT2D eigenvalue weighted by molar-refractivity contribution is -0.135. The Bertz CT molecular complexity index is 539. The third kappa shape index (κ3) is 2.84. The lowest BCUT2D eigenvalue weighted by atomic mass is 10.1.